The van der Waals surface area contributed by atoms with E-state index < -0.39 is 8.07 Å². The lowest BCUT2D eigenvalue weighted by Crippen LogP contribution is -2.64. The number of rotatable bonds is 4. The molecule has 0 radical (unpaired) electrons. The van der Waals surface area contributed by atoms with E-state index in [-0.39, 0.29) is 0 Å². The predicted molar refractivity (Wildman–Crippen MR) is 83.7 cm³/mol. The van der Waals surface area contributed by atoms with Gasteiger partial charge in [-0.2, -0.15) is 0 Å². The highest BCUT2D eigenvalue weighted by atomic mass is 28.3. The number of hydrogen-bond acceptors (Lipinski definition) is 2. The van der Waals surface area contributed by atoms with Crippen molar-refractivity contribution in [3.63, 3.8) is 0 Å². The summed E-state index contributed by atoms with van der Waals surface area (Å²) in [5.74, 6) is 0. The molecule has 100 valence electrons. The summed E-state index contributed by atoms with van der Waals surface area (Å²) < 4.78 is 0. The van der Waals surface area contributed by atoms with Gasteiger partial charge in [0.2, 0.25) is 0 Å². The molecule has 0 amide bonds. The zero-order valence-corrected chi connectivity index (χ0v) is 13.2. The second-order valence-corrected chi connectivity index (χ2v) is 10.7. The van der Waals surface area contributed by atoms with Crippen LogP contribution in [0.1, 0.15) is 27.7 Å². The largest absolute Gasteiger partial charge is 0.246 e. The zero-order valence-electron chi connectivity index (χ0n) is 12.2. The zero-order chi connectivity index (χ0) is 13.9. The molecule has 0 atom stereocenters. The molecule has 0 aliphatic heterocycles. The van der Waals surface area contributed by atoms with Crippen molar-refractivity contribution in [2.75, 3.05) is 0 Å². The van der Waals surface area contributed by atoms with Crippen molar-refractivity contribution in [2.24, 2.45) is 0 Å². The standard InChI is InChI=1S/C16H22N2Si/c1-13(2)19(14(3)4,15-9-6-5-7-10-15)16-17-11-8-12-18-16/h5-14H,1-4H3. The van der Waals surface area contributed by atoms with Gasteiger partial charge in [-0.15, -0.1) is 0 Å². The van der Waals surface area contributed by atoms with E-state index in [1.165, 1.54) is 5.19 Å². The van der Waals surface area contributed by atoms with Crippen LogP contribution in [0.2, 0.25) is 11.1 Å². The van der Waals surface area contributed by atoms with Gasteiger partial charge in [-0.25, -0.2) is 9.97 Å². The lowest BCUT2D eigenvalue weighted by Gasteiger charge is -2.38. The van der Waals surface area contributed by atoms with E-state index in [4.69, 9.17) is 0 Å². The average molecular weight is 270 g/mol. The Morgan fingerprint density at radius 1 is 0.789 bits per heavy atom. The fourth-order valence-electron chi connectivity index (χ4n) is 3.21. The Balaban J connectivity index is 2.69. The van der Waals surface area contributed by atoms with Crippen LogP contribution >= 0.6 is 0 Å². The highest BCUT2D eigenvalue weighted by molar-refractivity contribution is 7.03. The molecule has 1 aromatic heterocycles. The molecule has 1 heterocycles. The van der Waals surface area contributed by atoms with Gasteiger partial charge in [0.05, 0.1) is 0 Å². The molecule has 2 rings (SSSR count). The van der Waals surface area contributed by atoms with Gasteiger partial charge >= 0.3 is 0 Å². The van der Waals surface area contributed by atoms with Crippen LogP contribution in [0, 0.1) is 0 Å². The van der Waals surface area contributed by atoms with Crippen LogP contribution in [0.4, 0.5) is 0 Å². The van der Waals surface area contributed by atoms with E-state index >= 15 is 0 Å². The van der Waals surface area contributed by atoms with E-state index in [1.54, 1.807) is 0 Å². The number of benzene rings is 1. The first kappa shape index (κ1) is 13.9. The van der Waals surface area contributed by atoms with Gasteiger partial charge in [-0.05, 0) is 22.3 Å². The van der Waals surface area contributed by atoms with Gasteiger partial charge in [0.1, 0.15) is 5.45 Å². The molecule has 0 N–H and O–H groups in total. The molecule has 0 aliphatic carbocycles. The summed E-state index contributed by atoms with van der Waals surface area (Å²) in [4.78, 5) is 9.24. The minimum Gasteiger partial charge on any atom is -0.246 e. The normalized spacial score (nSPS) is 12.1. The summed E-state index contributed by atoms with van der Waals surface area (Å²) in [6, 6.07) is 12.7. The first-order valence-electron chi connectivity index (χ1n) is 6.93. The van der Waals surface area contributed by atoms with Gasteiger partial charge in [0, 0.05) is 12.4 Å². The van der Waals surface area contributed by atoms with Crippen LogP contribution < -0.4 is 10.6 Å². The predicted octanol–water partition coefficient (Wildman–Crippen LogP) is 2.86. The number of aromatic nitrogens is 2. The first-order valence-corrected chi connectivity index (χ1v) is 9.08. The molecule has 0 saturated carbocycles. The summed E-state index contributed by atoms with van der Waals surface area (Å²) in [6.45, 7) is 9.26. The average Bonchev–Trinajstić information content (AvgIpc) is 2.41. The second kappa shape index (κ2) is 5.66. The molecule has 2 nitrogen and oxygen atoms in total. The van der Waals surface area contributed by atoms with Gasteiger partial charge in [0.25, 0.3) is 0 Å². The van der Waals surface area contributed by atoms with Crippen LogP contribution in [0.15, 0.2) is 48.8 Å². The van der Waals surface area contributed by atoms with Crippen molar-refractivity contribution in [2.45, 2.75) is 38.8 Å². The van der Waals surface area contributed by atoms with Crippen molar-refractivity contribution in [3.8, 4) is 0 Å². The lowest BCUT2D eigenvalue weighted by molar-refractivity contribution is 0.916. The van der Waals surface area contributed by atoms with Gasteiger partial charge in [-0.1, -0.05) is 58.0 Å². The lowest BCUT2D eigenvalue weighted by atomic mass is 10.4. The van der Waals surface area contributed by atoms with Crippen LogP contribution in [0.25, 0.3) is 0 Å². The van der Waals surface area contributed by atoms with E-state index in [0.29, 0.717) is 11.1 Å². The first-order chi connectivity index (χ1) is 9.10. The third kappa shape index (κ3) is 2.35. The maximum absolute atomic E-state index is 4.62. The molecule has 19 heavy (non-hydrogen) atoms. The number of hydrogen-bond donors (Lipinski definition) is 0. The molecule has 0 saturated heterocycles. The molecule has 3 heteroatoms. The van der Waals surface area contributed by atoms with Gasteiger partial charge < -0.3 is 0 Å². The van der Waals surface area contributed by atoms with Crippen LogP contribution in [-0.2, 0) is 0 Å². The molecule has 0 bridgehead atoms. The summed E-state index contributed by atoms with van der Waals surface area (Å²) in [5, 5.41) is 1.44. The molecule has 1 aromatic carbocycles. The maximum Gasteiger partial charge on any atom is 0.170 e. The second-order valence-electron chi connectivity index (χ2n) is 5.62. The molecular formula is C16H22N2Si. The van der Waals surface area contributed by atoms with E-state index in [9.17, 15) is 0 Å². The Hall–Kier alpha value is -1.48. The van der Waals surface area contributed by atoms with Crippen molar-refractivity contribution in [3.05, 3.63) is 48.8 Å². The van der Waals surface area contributed by atoms with Gasteiger partial charge in [0.15, 0.2) is 8.07 Å². The summed E-state index contributed by atoms with van der Waals surface area (Å²) in [5.41, 5.74) is 2.20. The molecule has 0 fully saturated rings. The van der Waals surface area contributed by atoms with Crippen molar-refractivity contribution in [1.29, 1.82) is 0 Å². The SMILES string of the molecule is CC(C)[Si](c1ccccc1)(c1ncccn1)C(C)C. The Kier molecular flexibility index (Phi) is 4.15. The summed E-state index contributed by atoms with van der Waals surface area (Å²) in [6.07, 6.45) is 3.75. The summed E-state index contributed by atoms with van der Waals surface area (Å²) in [7, 11) is -1.92. The molecular weight excluding hydrogens is 248 g/mol. The molecule has 0 spiro atoms. The van der Waals surface area contributed by atoms with E-state index in [1.807, 2.05) is 18.5 Å². The highest BCUT2D eigenvalue weighted by Gasteiger charge is 2.46. The Labute approximate surface area is 116 Å². The van der Waals surface area contributed by atoms with Crippen LogP contribution in [0.5, 0.6) is 0 Å². The third-order valence-electron chi connectivity index (χ3n) is 4.01. The fraction of sp³-hybridized carbons (Fsp3) is 0.375. The molecule has 0 aliphatic rings. The minimum absolute atomic E-state index is 0.567. The highest BCUT2D eigenvalue weighted by Crippen LogP contribution is 2.30. The van der Waals surface area contributed by atoms with Crippen LogP contribution in [-0.4, -0.2) is 18.0 Å². The van der Waals surface area contributed by atoms with Crippen LogP contribution in [0.3, 0.4) is 0 Å². The Morgan fingerprint density at radius 3 is 1.79 bits per heavy atom. The van der Waals surface area contributed by atoms with E-state index in [2.05, 4.69) is 68.0 Å². The minimum atomic E-state index is -1.92. The Morgan fingerprint density at radius 2 is 1.32 bits per heavy atom. The third-order valence-corrected chi connectivity index (χ3v) is 9.94. The summed E-state index contributed by atoms with van der Waals surface area (Å²) >= 11 is 0. The van der Waals surface area contributed by atoms with Gasteiger partial charge in [-0.3, -0.25) is 0 Å². The Bertz CT molecular complexity index is 459. The quantitative estimate of drug-likeness (QED) is 0.798. The topological polar surface area (TPSA) is 25.8 Å². The fourth-order valence-corrected chi connectivity index (χ4v) is 8.48. The molecule has 0 unspecified atom stereocenters. The van der Waals surface area contributed by atoms with E-state index in [0.717, 1.165) is 5.45 Å². The monoisotopic (exact) mass is 270 g/mol. The van der Waals surface area contributed by atoms with Crippen molar-refractivity contribution in [1.82, 2.24) is 9.97 Å². The maximum atomic E-state index is 4.62. The molecule has 2 aromatic rings. The van der Waals surface area contributed by atoms with Crippen molar-refractivity contribution < 1.29 is 0 Å². The number of nitrogens with zero attached hydrogens (tertiary/aromatic N) is 2. The smallest absolute Gasteiger partial charge is 0.170 e. The van der Waals surface area contributed by atoms with Crippen molar-refractivity contribution >= 4 is 18.7 Å².